The number of ether oxygens (including phenoxy) is 2. The summed E-state index contributed by atoms with van der Waals surface area (Å²) in [6.45, 7) is 2.13. The van der Waals surface area contributed by atoms with Crippen LogP contribution < -0.4 is 9.47 Å². The predicted octanol–water partition coefficient (Wildman–Crippen LogP) is 5.49. The first-order chi connectivity index (χ1) is 12.7. The highest BCUT2D eigenvalue weighted by molar-refractivity contribution is 5.56. The van der Waals surface area contributed by atoms with Crippen molar-refractivity contribution in [2.75, 3.05) is 14.2 Å². The molecule has 3 aromatic rings. The van der Waals surface area contributed by atoms with Crippen molar-refractivity contribution in [2.45, 2.75) is 24.7 Å². The summed E-state index contributed by atoms with van der Waals surface area (Å²) in [6, 6.07) is 25.9. The smallest absolute Gasteiger partial charge is 0.119 e. The lowest BCUT2D eigenvalue weighted by Gasteiger charge is -2.21. The van der Waals surface area contributed by atoms with Crippen molar-refractivity contribution in [3.05, 3.63) is 95.1 Å². The summed E-state index contributed by atoms with van der Waals surface area (Å²) in [5, 5.41) is 0. The topological polar surface area (TPSA) is 18.5 Å². The lowest BCUT2D eigenvalue weighted by Crippen LogP contribution is -2.12. The molecule has 2 heteroatoms. The minimum atomic E-state index is -0.0294. The van der Waals surface area contributed by atoms with Gasteiger partial charge in [-0.3, -0.25) is 0 Å². The zero-order valence-corrected chi connectivity index (χ0v) is 15.5. The molecule has 1 saturated carbocycles. The summed E-state index contributed by atoms with van der Waals surface area (Å²) in [5.74, 6) is 2.26. The molecular weight excluding hydrogens is 320 g/mol. The highest BCUT2D eigenvalue weighted by Crippen LogP contribution is 2.64. The molecule has 3 aromatic carbocycles. The number of rotatable bonds is 5. The van der Waals surface area contributed by atoms with E-state index in [1.54, 1.807) is 14.2 Å². The Morgan fingerprint density at radius 3 is 1.81 bits per heavy atom. The second-order valence-corrected chi connectivity index (χ2v) is 7.10. The highest BCUT2D eigenvalue weighted by Gasteiger charge is 2.57. The molecule has 1 fully saturated rings. The highest BCUT2D eigenvalue weighted by atomic mass is 16.5. The number of methoxy groups -OCH3 is 2. The van der Waals surface area contributed by atoms with E-state index in [9.17, 15) is 0 Å². The third-order valence-corrected chi connectivity index (χ3v) is 5.61. The molecule has 0 heterocycles. The van der Waals surface area contributed by atoms with Crippen LogP contribution in [0.2, 0.25) is 0 Å². The van der Waals surface area contributed by atoms with E-state index in [1.807, 2.05) is 12.1 Å². The summed E-state index contributed by atoms with van der Waals surface area (Å²) in [7, 11) is 3.45. The quantitative estimate of drug-likeness (QED) is 0.610. The van der Waals surface area contributed by atoms with Gasteiger partial charge in [0.15, 0.2) is 0 Å². The summed E-state index contributed by atoms with van der Waals surface area (Å²) < 4.78 is 11.0. The first kappa shape index (κ1) is 16.7. The molecule has 0 radical (unpaired) electrons. The lowest BCUT2D eigenvalue weighted by atomic mass is 9.84. The average molecular weight is 344 g/mol. The van der Waals surface area contributed by atoms with Crippen LogP contribution in [0.1, 0.15) is 34.6 Å². The lowest BCUT2D eigenvalue weighted by molar-refractivity contribution is 0.413. The molecule has 1 aliphatic rings. The Labute approximate surface area is 155 Å². The Morgan fingerprint density at radius 2 is 1.31 bits per heavy atom. The minimum absolute atomic E-state index is 0.0294. The first-order valence-electron chi connectivity index (χ1n) is 9.03. The minimum Gasteiger partial charge on any atom is -0.497 e. The standard InChI is InChI=1S/C24H24O2/c1-17-10-12-18(13-11-17)23-16-24(23,19-6-4-8-21(14-19)25-2)20-7-5-9-22(15-20)26-3/h4-15,23H,16H2,1-3H3. The molecular formula is C24H24O2. The third-order valence-electron chi connectivity index (χ3n) is 5.61. The van der Waals surface area contributed by atoms with Crippen molar-refractivity contribution < 1.29 is 9.47 Å². The summed E-state index contributed by atoms with van der Waals surface area (Å²) in [6.07, 6.45) is 1.09. The van der Waals surface area contributed by atoms with Crippen LogP contribution in [-0.2, 0) is 5.41 Å². The first-order valence-corrected chi connectivity index (χ1v) is 9.03. The van der Waals surface area contributed by atoms with Gasteiger partial charge in [-0.2, -0.15) is 0 Å². The number of benzene rings is 3. The number of hydrogen-bond acceptors (Lipinski definition) is 2. The van der Waals surface area contributed by atoms with Crippen molar-refractivity contribution in [1.29, 1.82) is 0 Å². The molecule has 0 amide bonds. The molecule has 0 spiro atoms. The van der Waals surface area contributed by atoms with Crippen LogP contribution in [0, 0.1) is 6.92 Å². The predicted molar refractivity (Wildman–Crippen MR) is 105 cm³/mol. The molecule has 1 atom stereocenters. The number of hydrogen-bond donors (Lipinski definition) is 0. The molecule has 4 rings (SSSR count). The SMILES string of the molecule is COc1cccc(C2(c3cccc(OC)c3)CC2c2ccc(C)cc2)c1. The van der Waals surface area contributed by atoms with Crippen molar-refractivity contribution in [2.24, 2.45) is 0 Å². The van der Waals surface area contributed by atoms with Crippen molar-refractivity contribution in [3.8, 4) is 11.5 Å². The molecule has 0 saturated heterocycles. The van der Waals surface area contributed by atoms with Gasteiger partial charge < -0.3 is 9.47 Å². The van der Waals surface area contributed by atoms with E-state index in [-0.39, 0.29) is 5.41 Å². The van der Waals surface area contributed by atoms with E-state index in [2.05, 4.69) is 67.6 Å². The fraction of sp³-hybridized carbons (Fsp3) is 0.250. The normalized spacial score (nSPS) is 17.6. The van der Waals surface area contributed by atoms with E-state index < -0.39 is 0 Å². The van der Waals surface area contributed by atoms with E-state index in [4.69, 9.17) is 9.47 Å². The van der Waals surface area contributed by atoms with Gasteiger partial charge >= 0.3 is 0 Å². The second kappa shape index (κ2) is 6.53. The summed E-state index contributed by atoms with van der Waals surface area (Å²) in [5.41, 5.74) is 5.26. The van der Waals surface area contributed by atoms with Gasteiger partial charge in [-0.25, -0.2) is 0 Å². The fourth-order valence-corrected chi connectivity index (χ4v) is 4.07. The van der Waals surface area contributed by atoms with Crippen LogP contribution >= 0.6 is 0 Å². The maximum Gasteiger partial charge on any atom is 0.119 e. The molecule has 0 N–H and O–H groups in total. The molecule has 0 aliphatic heterocycles. The molecule has 2 nitrogen and oxygen atoms in total. The van der Waals surface area contributed by atoms with Gasteiger partial charge in [0.05, 0.1) is 14.2 Å². The van der Waals surface area contributed by atoms with Crippen LogP contribution in [0.25, 0.3) is 0 Å². The number of aryl methyl sites for hydroxylation is 1. The van der Waals surface area contributed by atoms with Gasteiger partial charge in [-0.05, 0) is 60.2 Å². The van der Waals surface area contributed by atoms with E-state index in [0.29, 0.717) is 5.92 Å². The Kier molecular flexibility index (Phi) is 4.20. The Bertz CT molecular complexity index is 864. The van der Waals surface area contributed by atoms with Crippen LogP contribution in [0.4, 0.5) is 0 Å². The van der Waals surface area contributed by atoms with Crippen LogP contribution in [-0.4, -0.2) is 14.2 Å². The molecule has 132 valence electrons. The average Bonchev–Trinajstić information content (AvgIpc) is 3.45. The third kappa shape index (κ3) is 2.76. The molecule has 0 aromatic heterocycles. The zero-order valence-electron chi connectivity index (χ0n) is 15.5. The van der Waals surface area contributed by atoms with Crippen LogP contribution in [0.15, 0.2) is 72.8 Å². The summed E-state index contributed by atoms with van der Waals surface area (Å²) in [4.78, 5) is 0. The van der Waals surface area contributed by atoms with E-state index in [1.165, 1.54) is 22.3 Å². The van der Waals surface area contributed by atoms with Gasteiger partial charge in [0.2, 0.25) is 0 Å². The second-order valence-electron chi connectivity index (χ2n) is 7.10. The van der Waals surface area contributed by atoms with Crippen molar-refractivity contribution in [3.63, 3.8) is 0 Å². The Morgan fingerprint density at radius 1 is 0.769 bits per heavy atom. The molecule has 26 heavy (non-hydrogen) atoms. The van der Waals surface area contributed by atoms with Gasteiger partial charge in [0, 0.05) is 5.41 Å². The maximum atomic E-state index is 5.49. The van der Waals surface area contributed by atoms with Gasteiger partial charge in [-0.1, -0.05) is 54.1 Å². The largest absolute Gasteiger partial charge is 0.497 e. The van der Waals surface area contributed by atoms with Crippen molar-refractivity contribution >= 4 is 0 Å². The van der Waals surface area contributed by atoms with Crippen molar-refractivity contribution in [1.82, 2.24) is 0 Å². The van der Waals surface area contributed by atoms with Gasteiger partial charge in [0.25, 0.3) is 0 Å². The van der Waals surface area contributed by atoms with E-state index in [0.717, 1.165) is 17.9 Å². The van der Waals surface area contributed by atoms with Gasteiger partial charge in [0.1, 0.15) is 11.5 Å². The Balaban J connectivity index is 1.83. The monoisotopic (exact) mass is 344 g/mol. The molecule has 1 unspecified atom stereocenters. The molecule has 1 aliphatic carbocycles. The van der Waals surface area contributed by atoms with Gasteiger partial charge in [-0.15, -0.1) is 0 Å². The zero-order chi connectivity index (χ0) is 18.1. The molecule has 0 bridgehead atoms. The van der Waals surface area contributed by atoms with Crippen LogP contribution in [0.5, 0.6) is 11.5 Å². The van der Waals surface area contributed by atoms with Crippen LogP contribution in [0.3, 0.4) is 0 Å². The van der Waals surface area contributed by atoms with E-state index >= 15 is 0 Å². The fourth-order valence-electron chi connectivity index (χ4n) is 4.07. The Hall–Kier alpha value is -2.74. The maximum absolute atomic E-state index is 5.49. The summed E-state index contributed by atoms with van der Waals surface area (Å²) >= 11 is 0.